The SMILES string of the molecule is COc1cc(NC(=O)CN2c3cccc4cccc(c34)S2(=O)=O)c(C)cc1[N+](=O)[O-]. The summed E-state index contributed by atoms with van der Waals surface area (Å²) >= 11 is 0. The Morgan fingerprint density at radius 2 is 1.90 bits per heavy atom. The molecular formula is C20H17N3O6S. The number of nitro benzene ring substituents is 1. The van der Waals surface area contributed by atoms with Crippen molar-refractivity contribution in [2.45, 2.75) is 11.8 Å². The van der Waals surface area contributed by atoms with Gasteiger partial charge in [0.2, 0.25) is 5.91 Å². The summed E-state index contributed by atoms with van der Waals surface area (Å²) in [5, 5.41) is 15.1. The molecular weight excluding hydrogens is 410 g/mol. The van der Waals surface area contributed by atoms with Gasteiger partial charge in [-0.3, -0.25) is 19.2 Å². The largest absolute Gasteiger partial charge is 0.490 e. The molecule has 0 saturated heterocycles. The van der Waals surface area contributed by atoms with E-state index in [4.69, 9.17) is 4.74 Å². The number of anilines is 2. The van der Waals surface area contributed by atoms with Crippen molar-refractivity contribution in [3.63, 3.8) is 0 Å². The van der Waals surface area contributed by atoms with Crippen LogP contribution in [0.5, 0.6) is 5.75 Å². The van der Waals surface area contributed by atoms with E-state index in [1.165, 1.54) is 25.3 Å². The van der Waals surface area contributed by atoms with Gasteiger partial charge < -0.3 is 10.1 Å². The highest BCUT2D eigenvalue weighted by atomic mass is 32.2. The lowest BCUT2D eigenvalue weighted by atomic mass is 10.1. The van der Waals surface area contributed by atoms with Crippen LogP contribution < -0.4 is 14.4 Å². The number of aryl methyl sites for hydroxylation is 1. The molecule has 0 radical (unpaired) electrons. The first-order valence-corrected chi connectivity index (χ1v) is 10.4. The second kappa shape index (κ2) is 6.99. The number of nitrogens with zero attached hydrogens (tertiary/aromatic N) is 2. The van der Waals surface area contributed by atoms with Crippen LogP contribution in [0.4, 0.5) is 17.1 Å². The number of methoxy groups -OCH3 is 1. The second-order valence-corrected chi connectivity index (χ2v) is 8.62. The molecule has 10 heteroatoms. The lowest BCUT2D eigenvalue weighted by Crippen LogP contribution is -2.35. The third-order valence-electron chi connectivity index (χ3n) is 4.97. The fraction of sp³-hybridized carbons (Fsp3) is 0.150. The highest BCUT2D eigenvalue weighted by molar-refractivity contribution is 7.93. The van der Waals surface area contributed by atoms with E-state index in [2.05, 4.69) is 5.32 Å². The number of carbonyl (C=O) groups is 1. The Labute approximate surface area is 172 Å². The molecule has 0 aromatic heterocycles. The third kappa shape index (κ3) is 3.01. The molecule has 0 atom stereocenters. The number of hydrogen-bond donors (Lipinski definition) is 1. The van der Waals surface area contributed by atoms with Gasteiger partial charge in [-0.05, 0) is 30.0 Å². The molecule has 0 aliphatic carbocycles. The topological polar surface area (TPSA) is 119 Å². The maximum absolute atomic E-state index is 13.0. The van der Waals surface area contributed by atoms with Crippen LogP contribution in [-0.2, 0) is 14.8 Å². The van der Waals surface area contributed by atoms with Crippen molar-refractivity contribution in [2.75, 3.05) is 23.3 Å². The van der Waals surface area contributed by atoms with Gasteiger partial charge in [0.1, 0.15) is 6.54 Å². The Morgan fingerprint density at radius 1 is 1.20 bits per heavy atom. The summed E-state index contributed by atoms with van der Waals surface area (Å²) in [5.41, 5.74) is 0.966. The van der Waals surface area contributed by atoms with E-state index >= 15 is 0 Å². The Bertz CT molecular complexity index is 1310. The van der Waals surface area contributed by atoms with Crippen LogP contribution in [0.2, 0.25) is 0 Å². The summed E-state index contributed by atoms with van der Waals surface area (Å²) in [5.74, 6) is -0.589. The monoisotopic (exact) mass is 427 g/mol. The minimum atomic E-state index is -3.87. The zero-order valence-corrected chi connectivity index (χ0v) is 16.9. The molecule has 1 amide bonds. The van der Waals surface area contributed by atoms with Crippen LogP contribution >= 0.6 is 0 Å². The highest BCUT2D eigenvalue weighted by Gasteiger charge is 2.36. The molecule has 0 bridgehead atoms. The van der Waals surface area contributed by atoms with Gasteiger partial charge in [-0.25, -0.2) is 8.42 Å². The molecule has 0 unspecified atom stereocenters. The molecule has 1 heterocycles. The summed E-state index contributed by atoms with van der Waals surface area (Å²) in [7, 11) is -2.58. The molecule has 30 heavy (non-hydrogen) atoms. The van der Waals surface area contributed by atoms with Crippen LogP contribution in [0, 0.1) is 17.0 Å². The van der Waals surface area contributed by atoms with E-state index < -0.39 is 27.4 Å². The predicted octanol–water partition coefficient (Wildman–Crippen LogP) is 3.21. The summed E-state index contributed by atoms with van der Waals surface area (Å²) < 4.78 is 32.1. The van der Waals surface area contributed by atoms with Crippen molar-refractivity contribution in [2.24, 2.45) is 0 Å². The molecule has 1 N–H and O–H groups in total. The van der Waals surface area contributed by atoms with Gasteiger partial charge in [-0.2, -0.15) is 0 Å². The van der Waals surface area contributed by atoms with Crippen LogP contribution in [0.15, 0.2) is 53.4 Å². The Kier molecular flexibility index (Phi) is 4.58. The Hall–Kier alpha value is -3.66. The number of hydrogen-bond acceptors (Lipinski definition) is 6. The molecule has 0 saturated carbocycles. The number of nitrogens with one attached hydrogen (secondary N) is 1. The molecule has 0 fully saturated rings. The third-order valence-corrected chi connectivity index (χ3v) is 6.77. The molecule has 3 aromatic rings. The molecule has 1 aliphatic heterocycles. The Morgan fingerprint density at radius 3 is 2.57 bits per heavy atom. The normalized spacial score (nSPS) is 14.0. The van der Waals surface area contributed by atoms with E-state index in [-0.39, 0.29) is 16.3 Å². The minimum Gasteiger partial charge on any atom is -0.490 e. The fourth-order valence-corrected chi connectivity index (χ4v) is 5.23. The molecule has 3 aromatic carbocycles. The van der Waals surface area contributed by atoms with E-state index in [9.17, 15) is 23.3 Å². The highest BCUT2D eigenvalue weighted by Crippen LogP contribution is 2.42. The summed E-state index contributed by atoms with van der Waals surface area (Å²) in [6.07, 6.45) is 0. The number of sulfonamides is 1. The molecule has 9 nitrogen and oxygen atoms in total. The van der Waals surface area contributed by atoms with E-state index in [1.807, 2.05) is 12.1 Å². The van der Waals surface area contributed by atoms with Crippen LogP contribution in [0.1, 0.15) is 5.56 Å². The standard InChI is InChI=1S/C20H17N3O6S/c1-12-9-16(23(25)26)17(29-2)10-14(12)21-19(24)11-22-15-7-3-5-13-6-4-8-18(20(13)15)30(22,27)28/h3-10H,11H2,1-2H3,(H,21,24). The number of ether oxygens (including phenoxy) is 1. The lowest BCUT2D eigenvalue weighted by molar-refractivity contribution is -0.385. The van der Waals surface area contributed by atoms with Gasteiger partial charge in [0.15, 0.2) is 5.75 Å². The van der Waals surface area contributed by atoms with Crippen molar-refractivity contribution < 1.29 is 22.9 Å². The predicted molar refractivity (Wildman–Crippen MR) is 111 cm³/mol. The number of rotatable bonds is 5. The van der Waals surface area contributed by atoms with Gasteiger partial charge in [-0.15, -0.1) is 0 Å². The Balaban J connectivity index is 1.65. The molecule has 154 valence electrons. The maximum atomic E-state index is 13.0. The molecule has 4 rings (SSSR count). The fourth-order valence-electron chi connectivity index (χ4n) is 3.56. The van der Waals surface area contributed by atoms with E-state index in [0.717, 1.165) is 9.69 Å². The first-order chi connectivity index (χ1) is 14.2. The van der Waals surface area contributed by atoms with Crippen LogP contribution in [0.25, 0.3) is 10.8 Å². The van der Waals surface area contributed by atoms with Crippen molar-refractivity contribution in [3.05, 3.63) is 64.2 Å². The second-order valence-electron chi connectivity index (χ2n) is 6.79. The van der Waals surface area contributed by atoms with Gasteiger partial charge in [0.25, 0.3) is 10.0 Å². The average Bonchev–Trinajstić information content (AvgIpc) is 2.92. The van der Waals surface area contributed by atoms with Crippen molar-refractivity contribution >= 4 is 43.8 Å². The van der Waals surface area contributed by atoms with E-state index in [0.29, 0.717) is 22.3 Å². The molecule has 1 aliphatic rings. The number of amides is 1. The van der Waals surface area contributed by atoms with Crippen molar-refractivity contribution in [1.29, 1.82) is 0 Å². The van der Waals surface area contributed by atoms with Crippen molar-refractivity contribution in [3.8, 4) is 5.75 Å². The summed E-state index contributed by atoms with van der Waals surface area (Å²) in [6, 6.07) is 12.8. The number of carbonyl (C=O) groups excluding carboxylic acids is 1. The van der Waals surface area contributed by atoms with Gasteiger partial charge in [0, 0.05) is 23.2 Å². The zero-order valence-electron chi connectivity index (χ0n) is 16.1. The lowest BCUT2D eigenvalue weighted by Gasteiger charge is -2.19. The van der Waals surface area contributed by atoms with Gasteiger partial charge in [0.05, 0.1) is 22.6 Å². The van der Waals surface area contributed by atoms with Gasteiger partial charge in [-0.1, -0.05) is 24.3 Å². The summed E-state index contributed by atoms with van der Waals surface area (Å²) in [4.78, 5) is 23.4. The van der Waals surface area contributed by atoms with Crippen molar-refractivity contribution in [1.82, 2.24) is 0 Å². The van der Waals surface area contributed by atoms with Crippen LogP contribution in [0.3, 0.4) is 0 Å². The number of benzene rings is 3. The average molecular weight is 427 g/mol. The molecule has 0 spiro atoms. The maximum Gasteiger partial charge on any atom is 0.311 e. The smallest absolute Gasteiger partial charge is 0.311 e. The first kappa shape index (κ1) is 19.6. The quantitative estimate of drug-likeness (QED) is 0.493. The van der Waals surface area contributed by atoms with E-state index in [1.54, 1.807) is 25.1 Å². The summed E-state index contributed by atoms with van der Waals surface area (Å²) in [6.45, 7) is 1.17. The number of nitro groups is 1. The van der Waals surface area contributed by atoms with Gasteiger partial charge >= 0.3 is 5.69 Å². The first-order valence-electron chi connectivity index (χ1n) is 8.91. The van der Waals surface area contributed by atoms with Crippen LogP contribution in [-0.4, -0.2) is 32.9 Å². The minimum absolute atomic E-state index is 0.00753. The zero-order chi connectivity index (χ0) is 21.6.